The van der Waals surface area contributed by atoms with E-state index in [1.807, 2.05) is 105 Å². The second kappa shape index (κ2) is 23.5. The van der Waals surface area contributed by atoms with Gasteiger partial charge in [-0.05, 0) is 79.6 Å². The molecule has 400 valence electrons. The quantitative estimate of drug-likeness (QED) is 0.0695. The van der Waals surface area contributed by atoms with Crippen LogP contribution >= 0.6 is 34.3 Å². The first-order chi connectivity index (χ1) is 36.4. The summed E-state index contributed by atoms with van der Waals surface area (Å²) in [6, 6.07) is 21.4. The number of thiophene rings is 1. The largest absolute Gasteiger partial charge is 0.391 e. The summed E-state index contributed by atoms with van der Waals surface area (Å²) in [6.45, 7) is 18.3. The van der Waals surface area contributed by atoms with Crippen LogP contribution in [0.3, 0.4) is 0 Å². The van der Waals surface area contributed by atoms with E-state index >= 15 is 0 Å². The number of carbonyl (C=O) groups excluding carboxylic acids is 4. The van der Waals surface area contributed by atoms with E-state index < -0.39 is 41.5 Å². The zero-order valence-electron chi connectivity index (χ0n) is 44.1. The van der Waals surface area contributed by atoms with Crippen molar-refractivity contribution < 1.29 is 29.0 Å². The van der Waals surface area contributed by atoms with Gasteiger partial charge in [-0.3, -0.25) is 33.6 Å². The fourth-order valence-corrected chi connectivity index (χ4v) is 12.1. The molecule has 17 nitrogen and oxygen atoms in total. The van der Waals surface area contributed by atoms with Crippen LogP contribution in [-0.4, -0.2) is 135 Å². The molecule has 6 heterocycles. The van der Waals surface area contributed by atoms with E-state index in [0.717, 1.165) is 92.4 Å². The number of fused-ring (bicyclic) bond motifs is 3. The third kappa shape index (κ3) is 12.4. The average molecular weight is 1090 g/mol. The predicted octanol–water partition coefficient (Wildman–Crippen LogP) is 6.89. The van der Waals surface area contributed by atoms with Gasteiger partial charge in [0.05, 0.1) is 40.9 Å². The zero-order chi connectivity index (χ0) is 53.8. The van der Waals surface area contributed by atoms with Gasteiger partial charge in [0, 0.05) is 85.5 Å². The number of hydrogen-bond acceptors (Lipinski definition) is 14. The SMILES string of the molecule is Cc1ncsc1-c1ccc(CNC(=O)[C@@H]2C[C@@H](O)CN2C(=O)[C@@H](NC(=O)COCCN2CCN(c3ccc(CNC(=O)C[C@@H]4N=C(c5ccc(Cl)cc5)c5c(sc(C)c5C)-n5c(C)nnc54)cc3)CC2)C(C)(C)C)cc1. The van der Waals surface area contributed by atoms with Gasteiger partial charge in [-0.25, -0.2) is 4.98 Å². The Labute approximate surface area is 456 Å². The van der Waals surface area contributed by atoms with Crippen LogP contribution in [-0.2, 0) is 37.0 Å². The van der Waals surface area contributed by atoms with E-state index in [2.05, 4.69) is 66.9 Å². The number of aliphatic imine (C=N–C) groups is 1. The molecule has 6 aromatic rings. The highest BCUT2D eigenvalue weighted by Gasteiger charge is 2.44. The molecule has 0 saturated carbocycles. The molecule has 4 N–H and O–H groups in total. The molecule has 0 aliphatic carbocycles. The first-order valence-corrected chi connectivity index (χ1v) is 27.8. The van der Waals surface area contributed by atoms with Crippen LogP contribution in [0.4, 0.5) is 5.69 Å². The van der Waals surface area contributed by atoms with Crippen LogP contribution in [0.15, 0.2) is 83.3 Å². The molecular formula is C56H66ClN11O6S2. The number of benzene rings is 3. The van der Waals surface area contributed by atoms with Crippen LogP contribution < -0.4 is 20.9 Å². The number of aromatic nitrogens is 4. The summed E-state index contributed by atoms with van der Waals surface area (Å²) in [6.07, 6.45) is -0.663. The van der Waals surface area contributed by atoms with Crippen LogP contribution in [0.5, 0.6) is 0 Å². The Morgan fingerprint density at radius 1 is 0.855 bits per heavy atom. The number of nitrogens with zero attached hydrogens (tertiary/aromatic N) is 8. The summed E-state index contributed by atoms with van der Waals surface area (Å²) in [5, 5.41) is 30.2. The Balaban J connectivity index is 0.708. The van der Waals surface area contributed by atoms with E-state index in [0.29, 0.717) is 30.5 Å². The molecule has 76 heavy (non-hydrogen) atoms. The maximum absolute atomic E-state index is 14.1. The number of aliphatic hydroxyl groups excluding tert-OH is 1. The van der Waals surface area contributed by atoms with E-state index in [1.165, 1.54) is 9.78 Å². The Morgan fingerprint density at radius 3 is 2.20 bits per heavy atom. The second-order valence-electron chi connectivity index (χ2n) is 20.9. The first kappa shape index (κ1) is 54.4. The fraction of sp³-hybridized carbons (Fsp3) is 0.429. The lowest BCUT2D eigenvalue weighted by atomic mass is 9.85. The normalized spacial score (nSPS) is 18.1. The van der Waals surface area contributed by atoms with Crippen molar-refractivity contribution in [1.82, 2.24) is 45.5 Å². The third-order valence-electron chi connectivity index (χ3n) is 14.4. The number of aliphatic hydroxyl groups is 1. The minimum Gasteiger partial charge on any atom is -0.391 e. The Hall–Kier alpha value is -6.35. The van der Waals surface area contributed by atoms with Gasteiger partial charge in [-0.2, -0.15) is 0 Å². The minimum atomic E-state index is -0.950. The number of rotatable bonds is 17. The van der Waals surface area contributed by atoms with Crippen molar-refractivity contribution in [3.05, 3.63) is 133 Å². The summed E-state index contributed by atoms with van der Waals surface area (Å²) >= 11 is 9.53. The van der Waals surface area contributed by atoms with Gasteiger partial charge in [0.25, 0.3) is 0 Å². The van der Waals surface area contributed by atoms with Gasteiger partial charge in [-0.15, -0.1) is 32.9 Å². The lowest BCUT2D eigenvalue weighted by Crippen LogP contribution is -2.58. The molecular weight excluding hydrogens is 1020 g/mol. The molecule has 4 atom stereocenters. The third-order valence-corrected chi connectivity index (χ3v) is 16.8. The summed E-state index contributed by atoms with van der Waals surface area (Å²) < 4.78 is 7.88. The summed E-state index contributed by atoms with van der Waals surface area (Å²) in [5.41, 5.74) is 10.00. The van der Waals surface area contributed by atoms with Gasteiger partial charge in [0.1, 0.15) is 35.6 Å². The lowest BCUT2D eigenvalue weighted by molar-refractivity contribution is -0.144. The number of anilines is 1. The summed E-state index contributed by atoms with van der Waals surface area (Å²) in [4.78, 5) is 72.4. The van der Waals surface area contributed by atoms with Crippen molar-refractivity contribution >= 4 is 69.3 Å². The van der Waals surface area contributed by atoms with Crippen molar-refractivity contribution in [2.24, 2.45) is 10.4 Å². The minimum absolute atomic E-state index is 0.00692. The Morgan fingerprint density at radius 2 is 1.53 bits per heavy atom. The number of thiazole rings is 1. The molecule has 3 aliphatic heterocycles. The first-order valence-electron chi connectivity index (χ1n) is 25.7. The molecule has 3 aliphatic rings. The molecule has 2 fully saturated rings. The van der Waals surface area contributed by atoms with Crippen molar-refractivity contribution in [3.8, 4) is 15.4 Å². The molecule has 3 aromatic heterocycles. The van der Waals surface area contributed by atoms with Gasteiger partial charge in [0.2, 0.25) is 23.6 Å². The van der Waals surface area contributed by atoms with Crippen LogP contribution in [0.2, 0.25) is 5.02 Å². The molecule has 0 radical (unpaired) electrons. The van der Waals surface area contributed by atoms with Crippen LogP contribution in [0, 0.1) is 33.1 Å². The van der Waals surface area contributed by atoms with Gasteiger partial charge < -0.3 is 35.6 Å². The second-order valence-corrected chi connectivity index (χ2v) is 23.4. The Bertz CT molecular complexity index is 3090. The molecule has 0 spiro atoms. The van der Waals surface area contributed by atoms with Crippen molar-refractivity contribution in [2.75, 3.05) is 57.4 Å². The topological polar surface area (TPSA) is 200 Å². The highest BCUT2D eigenvalue weighted by atomic mass is 35.5. The molecule has 20 heteroatoms. The lowest BCUT2D eigenvalue weighted by Gasteiger charge is -2.36. The highest BCUT2D eigenvalue weighted by Crippen LogP contribution is 2.40. The van der Waals surface area contributed by atoms with E-state index in [-0.39, 0.29) is 44.4 Å². The molecule has 9 rings (SSSR count). The van der Waals surface area contributed by atoms with E-state index in [1.54, 1.807) is 22.7 Å². The standard InChI is InChI=1S/C56H66ClN11O6S2/c1-33-35(3)76-55-48(33)49(39-14-16-41(57)17-15-39)61-44(52-64-63-36(4)68(52)55)27-46(70)58-28-38-10-18-42(19-11-38)66-22-20-65(21-23-66)24-25-74-31-47(71)62-51(56(5,6)7)54(73)67-30-43(69)26-45(67)53(72)59-29-37-8-12-40(13-9-37)50-34(2)60-32-75-50/h8-19,32,43-45,51,69H,20-31H2,1-7H3,(H,58,70)(H,59,72)(H,62,71)/t43-,44+,45+,51-/m1/s1. The number of carbonyl (C=O) groups is 4. The molecule has 0 bridgehead atoms. The fourth-order valence-electron chi connectivity index (χ4n) is 9.98. The molecule has 3 aromatic carbocycles. The van der Waals surface area contributed by atoms with Crippen molar-refractivity contribution in [3.63, 3.8) is 0 Å². The summed E-state index contributed by atoms with van der Waals surface area (Å²) in [5.74, 6) is 0.0170. The maximum atomic E-state index is 14.1. The van der Waals surface area contributed by atoms with Crippen molar-refractivity contribution in [1.29, 1.82) is 0 Å². The number of likely N-dealkylation sites (tertiary alicyclic amines) is 1. The number of aryl methyl sites for hydroxylation is 3. The summed E-state index contributed by atoms with van der Waals surface area (Å²) in [7, 11) is 0. The number of piperazine rings is 1. The monoisotopic (exact) mass is 1090 g/mol. The van der Waals surface area contributed by atoms with Gasteiger partial charge in [0.15, 0.2) is 5.82 Å². The smallest absolute Gasteiger partial charge is 0.246 e. The van der Waals surface area contributed by atoms with E-state index in [9.17, 15) is 24.3 Å². The van der Waals surface area contributed by atoms with Crippen molar-refractivity contribution in [2.45, 2.75) is 98.6 Å². The number of nitrogens with one attached hydrogen (secondary N) is 3. The average Bonchev–Trinajstić information content (AvgIpc) is 4.20. The number of hydrogen-bond donors (Lipinski definition) is 4. The van der Waals surface area contributed by atoms with Crippen LogP contribution in [0.1, 0.15) is 89.7 Å². The predicted molar refractivity (Wildman–Crippen MR) is 297 cm³/mol. The Kier molecular flexibility index (Phi) is 16.8. The van der Waals surface area contributed by atoms with Gasteiger partial charge in [-0.1, -0.05) is 80.9 Å². The highest BCUT2D eigenvalue weighted by molar-refractivity contribution is 7.15. The molecule has 4 amide bonds. The van der Waals surface area contributed by atoms with Crippen LogP contribution in [0.25, 0.3) is 15.4 Å². The number of halogens is 1. The number of β-amino-alcohol motifs (C(OH)–C–C–N with tert-alkyl or cyclic N) is 1. The zero-order valence-corrected chi connectivity index (χ0v) is 46.4. The maximum Gasteiger partial charge on any atom is 0.246 e. The number of ether oxygens (including phenoxy) is 1. The molecule has 0 unspecified atom stereocenters. The molecule has 2 saturated heterocycles. The van der Waals surface area contributed by atoms with E-state index in [4.69, 9.17) is 21.3 Å². The number of amides is 4. The van der Waals surface area contributed by atoms with Gasteiger partial charge >= 0.3 is 0 Å².